The van der Waals surface area contributed by atoms with E-state index in [4.69, 9.17) is 0 Å². The van der Waals surface area contributed by atoms with Crippen LogP contribution >= 0.6 is 0 Å². The van der Waals surface area contributed by atoms with Crippen molar-refractivity contribution in [2.75, 3.05) is 47.8 Å². The van der Waals surface area contributed by atoms with Gasteiger partial charge in [0.2, 0.25) is 0 Å². The summed E-state index contributed by atoms with van der Waals surface area (Å²) >= 11 is 0. The fourth-order valence-corrected chi connectivity index (χ4v) is 7.43. The van der Waals surface area contributed by atoms with Crippen molar-refractivity contribution in [1.29, 1.82) is 5.26 Å². The van der Waals surface area contributed by atoms with E-state index < -0.39 is 0 Å². The molecule has 0 saturated heterocycles. The van der Waals surface area contributed by atoms with Gasteiger partial charge in [0.1, 0.15) is 6.07 Å². The van der Waals surface area contributed by atoms with E-state index in [0.29, 0.717) is 5.56 Å². The van der Waals surface area contributed by atoms with Crippen LogP contribution in [-0.4, -0.2) is 28.2 Å². The summed E-state index contributed by atoms with van der Waals surface area (Å²) in [4.78, 5) is 8.75. The van der Waals surface area contributed by atoms with E-state index >= 15 is 0 Å². The van der Waals surface area contributed by atoms with Crippen LogP contribution in [0.2, 0.25) is 0 Å². The maximum absolute atomic E-state index is 10.3. The average Bonchev–Trinajstić information content (AvgIpc) is 3.29. The molecule has 0 saturated carbocycles. The lowest BCUT2D eigenvalue weighted by Crippen LogP contribution is -2.11. The summed E-state index contributed by atoms with van der Waals surface area (Å²) in [6.45, 7) is 0. The second-order valence-electron chi connectivity index (χ2n) is 15.1. The molecular formula is C55H47N5. The Kier molecular flexibility index (Phi) is 11.6. The van der Waals surface area contributed by atoms with Crippen LogP contribution in [-0.2, 0) is 0 Å². The molecule has 5 nitrogen and oxygen atoms in total. The summed E-state index contributed by atoms with van der Waals surface area (Å²) in [5, 5.41) is 12.3. The number of nitrogens with zero attached hydrogens (tertiary/aromatic N) is 5. The Hall–Kier alpha value is -7.81. The number of fused-ring (bicyclic) bond motifs is 1. The maximum atomic E-state index is 10.3. The van der Waals surface area contributed by atoms with E-state index in [9.17, 15) is 5.26 Å². The monoisotopic (exact) mass is 777 g/mol. The van der Waals surface area contributed by atoms with Gasteiger partial charge in [0.25, 0.3) is 0 Å². The third-order valence-electron chi connectivity index (χ3n) is 10.7. The van der Waals surface area contributed by atoms with Crippen LogP contribution in [0.15, 0.2) is 188 Å². The minimum Gasteiger partial charge on any atom is -0.378 e. The number of anilines is 8. The van der Waals surface area contributed by atoms with Gasteiger partial charge < -0.3 is 19.6 Å². The third-order valence-corrected chi connectivity index (χ3v) is 10.7. The van der Waals surface area contributed by atoms with Crippen LogP contribution in [0.4, 0.5) is 45.5 Å². The third kappa shape index (κ3) is 8.69. The lowest BCUT2D eigenvalue weighted by atomic mass is 9.97. The number of rotatable bonds is 12. The predicted molar refractivity (Wildman–Crippen MR) is 257 cm³/mol. The van der Waals surface area contributed by atoms with Gasteiger partial charge in [-0.05, 0) is 131 Å². The minimum atomic E-state index is 0.669. The first kappa shape index (κ1) is 39.0. The van der Waals surface area contributed by atoms with Crippen molar-refractivity contribution in [3.8, 4) is 6.07 Å². The first-order chi connectivity index (χ1) is 29.3. The predicted octanol–water partition coefficient (Wildman–Crippen LogP) is 14.1. The standard InChI is InChI=1S/C55H47N5/c1-57(2)46-30-34-52(35-31-46)59(48-11-7-5-8-12-48)50-26-18-41(19-27-50)15-16-43-22-38-54-45(39-43)25-24-44(55(54)40-56)23-17-42-20-28-51(29-21-42)60(49-13-9-6-10-14-49)53-36-32-47(33-37-53)58(3)4/h5-39H,1-4H3. The maximum Gasteiger partial charge on any atom is 0.100 e. The van der Waals surface area contributed by atoms with Crippen molar-refractivity contribution < 1.29 is 0 Å². The molecule has 0 aliphatic carbocycles. The molecule has 8 aromatic rings. The van der Waals surface area contributed by atoms with Crippen LogP contribution in [0.1, 0.15) is 27.8 Å². The molecule has 0 aliphatic heterocycles. The van der Waals surface area contributed by atoms with E-state index in [-0.39, 0.29) is 0 Å². The molecule has 0 N–H and O–H groups in total. The van der Waals surface area contributed by atoms with E-state index in [2.05, 4.69) is 242 Å². The molecule has 0 unspecified atom stereocenters. The first-order valence-corrected chi connectivity index (χ1v) is 20.1. The van der Waals surface area contributed by atoms with Gasteiger partial charge in [-0.2, -0.15) is 5.26 Å². The van der Waals surface area contributed by atoms with Crippen LogP contribution in [0.5, 0.6) is 0 Å². The molecule has 60 heavy (non-hydrogen) atoms. The van der Waals surface area contributed by atoms with Gasteiger partial charge >= 0.3 is 0 Å². The SMILES string of the molecule is CN(C)c1ccc(N(c2ccccc2)c2ccc(C=Cc3ccc4c(C#N)c(C=Cc5ccc(N(c6ccccc6)c6ccc(N(C)C)cc6)cc5)ccc4c3)cc2)cc1. The van der Waals surface area contributed by atoms with E-state index in [1.807, 2.05) is 24.3 Å². The molecular weight excluding hydrogens is 731 g/mol. The largest absolute Gasteiger partial charge is 0.378 e. The van der Waals surface area contributed by atoms with Gasteiger partial charge in [-0.15, -0.1) is 0 Å². The van der Waals surface area contributed by atoms with E-state index in [1.165, 1.54) is 0 Å². The summed E-state index contributed by atoms with van der Waals surface area (Å²) in [5.41, 5.74) is 13.6. The Balaban J connectivity index is 0.987. The molecule has 8 rings (SSSR count). The quantitative estimate of drug-likeness (QED) is 0.116. The average molecular weight is 778 g/mol. The van der Waals surface area contributed by atoms with Crippen molar-refractivity contribution in [3.05, 3.63) is 216 Å². The van der Waals surface area contributed by atoms with Gasteiger partial charge in [-0.25, -0.2) is 0 Å². The highest BCUT2D eigenvalue weighted by Gasteiger charge is 2.14. The molecule has 8 aromatic carbocycles. The van der Waals surface area contributed by atoms with E-state index in [0.717, 1.165) is 78.5 Å². The number of hydrogen-bond donors (Lipinski definition) is 0. The van der Waals surface area contributed by atoms with Gasteiger partial charge in [-0.3, -0.25) is 0 Å². The zero-order chi connectivity index (χ0) is 41.4. The van der Waals surface area contributed by atoms with Crippen LogP contribution in [0.3, 0.4) is 0 Å². The Labute approximate surface area is 354 Å². The number of nitriles is 1. The first-order valence-electron chi connectivity index (χ1n) is 20.1. The smallest absolute Gasteiger partial charge is 0.100 e. The van der Waals surface area contributed by atoms with Crippen molar-refractivity contribution in [2.24, 2.45) is 0 Å². The number of benzene rings is 8. The van der Waals surface area contributed by atoms with Gasteiger partial charge in [-0.1, -0.05) is 109 Å². The van der Waals surface area contributed by atoms with Gasteiger partial charge in [0.15, 0.2) is 0 Å². The van der Waals surface area contributed by atoms with E-state index in [1.54, 1.807) is 0 Å². The summed E-state index contributed by atoms with van der Waals surface area (Å²) in [7, 11) is 8.22. The summed E-state index contributed by atoms with van der Waals surface area (Å²) in [6, 6.07) is 68.2. The number of para-hydroxylation sites is 2. The highest BCUT2D eigenvalue weighted by molar-refractivity contribution is 5.94. The molecule has 0 bridgehead atoms. The topological polar surface area (TPSA) is 36.8 Å². The fourth-order valence-electron chi connectivity index (χ4n) is 7.43. The molecule has 0 aromatic heterocycles. The second kappa shape index (κ2) is 17.8. The molecule has 0 radical (unpaired) electrons. The Morgan fingerprint density at radius 3 is 1.17 bits per heavy atom. The van der Waals surface area contributed by atoms with Crippen molar-refractivity contribution >= 4 is 80.6 Å². The molecule has 5 heteroatoms. The zero-order valence-electron chi connectivity index (χ0n) is 34.4. The summed E-state index contributed by atoms with van der Waals surface area (Å²) < 4.78 is 0. The highest BCUT2D eigenvalue weighted by atomic mass is 15.1. The molecule has 0 atom stereocenters. The summed E-state index contributed by atoms with van der Waals surface area (Å²) in [6.07, 6.45) is 8.38. The molecule has 0 aliphatic rings. The van der Waals surface area contributed by atoms with Crippen LogP contribution in [0, 0.1) is 11.3 Å². The minimum absolute atomic E-state index is 0.669. The fraction of sp³-hybridized carbons (Fsp3) is 0.0727. The lowest BCUT2D eigenvalue weighted by molar-refractivity contribution is 1.13. The lowest BCUT2D eigenvalue weighted by Gasteiger charge is -2.26. The normalized spacial score (nSPS) is 11.2. The molecule has 0 fully saturated rings. The molecule has 0 amide bonds. The molecule has 292 valence electrons. The highest BCUT2D eigenvalue weighted by Crippen LogP contribution is 2.37. The summed E-state index contributed by atoms with van der Waals surface area (Å²) in [5.74, 6) is 0. The molecule has 0 spiro atoms. The second-order valence-corrected chi connectivity index (χ2v) is 15.1. The van der Waals surface area contributed by atoms with Crippen LogP contribution < -0.4 is 19.6 Å². The Morgan fingerprint density at radius 2 is 0.733 bits per heavy atom. The molecule has 0 heterocycles. The Bertz CT molecular complexity index is 2780. The van der Waals surface area contributed by atoms with Crippen LogP contribution in [0.25, 0.3) is 35.1 Å². The number of hydrogen-bond acceptors (Lipinski definition) is 5. The van der Waals surface area contributed by atoms with Crippen molar-refractivity contribution in [3.63, 3.8) is 0 Å². The van der Waals surface area contributed by atoms with Gasteiger partial charge in [0.05, 0.1) is 5.56 Å². The van der Waals surface area contributed by atoms with Gasteiger partial charge in [0, 0.05) is 79.1 Å². The van der Waals surface area contributed by atoms with Crippen molar-refractivity contribution in [2.45, 2.75) is 0 Å². The van der Waals surface area contributed by atoms with Crippen molar-refractivity contribution in [1.82, 2.24) is 0 Å². The zero-order valence-corrected chi connectivity index (χ0v) is 34.4. The Morgan fingerprint density at radius 1 is 0.367 bits per heavy atom.